The molecule has 0 aliphatic carbocycles. The van der Waals surface area contributed by atoms with E-state index in [1.165, 1.54) is 0 Å². The number of aryl methyl sites for hydroxylation is 1. The van der Waals surface area contributed by atoms with Crippen molar-refractivity contribution in [3.8, 4) is 11.3 Å². The Balaban J connectivity index is 1.40. The first kappa shape index (κ1) is 17.8. The molecule has 0 N–H and O–H groups in total. The molecule has 0 radical (unpaired) electrons. The maximum absolute atomic E-state index is 4.99. The highest BCUT2D eigenvalue weighted by molar-refractivity contribution is 5.93. The number of anilines is 1. The lowest BCUT2D eigenvalue weighted by Crippen LogP contribution is -2.46. The summed E-state index contributed by atoms with van der Waals surface area (Å²) < 4.78 is 2.09. The average molecular weight is 384 g/mol. The minimum atomic E-state index is 0.819. The Labute approximate surface area is 170 Å². The number of hydrogen-bond donors (Lipinski definition) is 0. The second-order valence-electron chi connectivity index (χ2n) is 7.47. The van der Waals surface area contributed by atoms with Crippen LogP contribution in [0.15, 0.2) is 67.0 Å². The third kappa shape index (κ3) is 3.59. The van der Waals surface area contributed by atoms with Crippen LogP contribution in [0, 0.1) is 0 Å². The Hall–Kier alpha value is -3.25. The zero-order valence-electron chi connectivity index (χ0n) is 16.6. The molecular formula is C23H24N6. The summed E-state index contributed by atoms with van der Waals surface area (Å²) in [5.41, 5.74) is 3.12. The first-order chi connectivity index (χ1) is 14.3. The second kappa shape index (κ2) is 7.64. The van der Waals surface area contributed by atoms with Gasteiger partial charge in [-0.05, 0) is 6.07 Å². The van der Waals surface area contributed by atoms with Crippen molar-refractivity contribution >= 4 is 16.9 Å². The largest absolute Gasteiger partial charge is 0.338 e. The smallest absolute Gasteiger partial charge is 0.226 e. The highest BCUT2D eigenvalue weighted by Gasteiger charge is 2.21. The molecule has 29 heavy (non-hydrogen) atoms. The molecule has 2 aromatic heterocycles. The summed E-state index contributed by atoms with van der Waals surface area (Å²) in [6.45, 7) is 4.66. The molecule has 3 heterocycles. The Morgan fingerprint density at radius 3 is 2.38 bits per heavy atom. The van der Waals surface area contributed by atoms with Crippen LogP contribution in [0.25, 0.3) is 22.2 Å². The average Bonchev–Trinajstić information content (AvgIpc) is 3.18. The van der Waals surface area contributed by atoms with Crippen molar-refractivity contribution < 1.29 is 0 Å². The van der Waals surface area contributed by atoms with E-state index in [0.29, 0.717) is 0 Å². The topological polar surface area (TPSA) is 50.1 Å². The van der Waals surface area contributed by atoms with Crippen molar-refractivity contribution in [2.75, 3.05) is 31.1 Å². The zero-order valence-corrected chi connectivity index (χ0v) is 16.6. The fraction of sp³-hybridized carbons (Fsp3) is 0.261. The van der Waals surface area contributed by atoms with E-state index in [-0.39, 0.29) is 0 Å². The Morgan fingerprint density at radius 2 is 1.62 bits per heavy atom. The molecule has 0 saturated carbocycles. The van der Waals surface area contributed by atoms with E-state index < -0.39 is 0 Å². The fourth-order valence-electron chi connectivity index (χ4n) is 3.88. The van der Waals surface area contributed by atoms with Gasteiger partial charge in [0.05, 0.1) is 17.8 Å². The van der Waals surface area contributed by atoms with Gasteiger partial charge in [-0.25, -0.2) is 15.0 Å². The fourth-order valence-corrected chi connectivity index (χ4v) is 3.88. The Bertz CT molecular complexity index is 1110. The van der Waals surface area contributed by atoms with Gasteiger partial charge in [-0.3, -0.25) is 4.90 Å². The summed E-state index contributed by atoms with van der Waals surface area (Å²) in [6, 6.07) is 18.6. The minimum Gasteiger partial charge on any atom is -0.338 e. The summed E-state index contributed by atoms with van der Waals surface area (Å²) in [6.07, 6.45) is 3.86. The van der Waals surface area contributed by atoms with Gasteiger partial charge in [0.1, 0.15) is 5.82 Å². The molecule has 2 aromatic carbocycles. The van der Waals surface area contributed by atoms with Gasteiger partial charge in [0, 0.05) is 56.6 Å². The summed E-state index contributed by atoms with van der Waals surface area (Å²) in [5.74, 6) is 1.92. The lowest BCUT2D eigenvalue weighted by atomic mass is 10.1. The first-order valence-electron chi connectivity index (χ1n) is 10.0. The number of fused-ring (bicyclic) bond motifs is 1. The SMILES string of the molecule is Cn1ccnc1CN1CCN(c2nc(-c3ccccc3)c3ccccc3n2)CC1. The van der Waals surface area contributed by atoms with E-state index in [1.54, 1.807) is 0 Å². The maximum Gasteiger partial charge on any atom is 0.226 e. The number of para-hydroxylation sites is 1. The number of nitrogens with zero attached hydrogens (tertiary/aromatic N) is 6. The molecule has 6 nitrogen and oxygen atoms in total. The summed E-state index contributed by atoms with van der Waals surface area (Å²) in [5, 5.41) is 1.09. The van der Waals surface area contributed by atoms with Crippen LogP contribution in [0.4, 0.5) is 5.95 Å². The van der Waals surface area contributed by atoms with E-state index in [2.05, 4.69) is 55.7 Å². The first-order valence-corrected chi connectivity index (χ1v) is 10.0. The van der Waals surface area contributed by atoms with Gasteiger partial charge in [-0.2, -0.15) is 0 Å². The number of aromatic nitrogens is 4. The van der Waals surface area contributed by atoms with Crippen molar-refractivity contribution in [2.24, 2.45) is 7.05 Å². The Kier molecular flexibility index (Phi) is 4.69. The molecule has 0 bridgehead atoms. The lowest BCUT2D eigenvalue weighted by Gasteiger charge is -2.34. The summed E-state index contributed by atoms with van der Waals surface area (Å²) >= 11 is 0. The molecule has 0 spiro atoms. The van der Waals surface area contributed by atoms with Crippen LogP contribution >= 0.6 is 0 Å². The molecule has 1 aliphatic rings. The van der Waals surface area contributed by atoms with Gasteiger partial charge in [-0.1, -0.05) is 48.5 Å². The predicted molar refractivity (Wildman–Crippen MR) is 116 cm³/mol. The lowest BCUT2D eigenvalue weighted by molar-refractivity contribution is 0.241. The molecule has 4 aromatic rings. The maximum atomic E-state index is 4.99. The van der Waals surface area contributed by atoms with Crippen LogP contribution in [-0.4, -0.2) is 50.6 Å². The van der Waals surface area contributed by atoms with Gasteiger partial charge in [0.15, 0.2) is 0 Å². The van der Waals surface area contributed by atoms with E-state index in [0.717, 1.165) is 66.7 Å². The molecule has 6 heteroatoms. The van der Waals surface area contributed by atoms with Gasteiger partial charge in [0.25, 0.3) is 0 Å². The molecule has 0 unspecified atom stereocenters. The Morgan fingerprint density at radius 1 is 0.862 bits per heavy atom. The van der Waals surface area contributed by atoms with E-state index in [1.807, 2.05) is 37.6 Å². The zero-order chi connectivity index (χ0) is 19.6. The van der Waals surface area contributed by atoms with E-state index in [4.69, 9.17) is 9.97 Å². The van der Waals surface area contributed by atoms with Crippen molar-refractivity contribution in [2.45, 2.75) is 6.54 Å². The summed E-state index contributed by atoms with van der Waals surface area (Å²) in [4.78, 5) is 19.1. The van der Waals surface area contributed by atoms with E-state index >= 15 is 0 Å². The van der Waals surface area contributed by atoms with Gasteiger partial charge in [-0.15, -0.1) is 0 Å². The number of hydrogen-bond acceptors (Lipinski definition) is 5. The third-order valence-corrected chi connectivity index (χ3v) is 5.58. The monoisotopic (exact) mass is 384 g/mol. The van der Waals surface area contributed by atoms with Crippen LogP contribution in [0.5, 0.6) is 0 Å². The number of benzene rings is 2. The number of piperazine rings is 1. The second-order valence-corrected chi connectivity index (χ2v) is 7.47. The highest BCUT2D eigenvalue weighted by Crippen LogP contribution is 2.28. The molecular weight excluding hydrogens is 360 g/mol. The van der Waals surface area contributed by atoms with Gasteiger partial charge in [0.2, 0.25) is 5.95 Å². The van der Waals surface area contributed by atoms with Crippen LogP contribution < -0.4 is 4.90 Å². The third-order valence-electron chi connectivity index (χ3n) is 5.58. The highest BCUT2D eigenvalue weighted by atomic mass is 15.3. The van der Waals surface area contributed by atoms with Crippen LogP contribution in [-0.2, 0) is 13.6 Å². The molecule has 0 amide bonds. The van der Waals surface area contributed by atoms with E-state index in [9.17, 15) is 0 Å². The van der Waals surface area contributed by atoms with Crippen LogP contribution in [0.3, 0.4) is 0 Å². The quantitative estimate of drug-likeness (QED) is 0.540. The van der Waals surface area contributed by atoms with Crippen molar-refractivity contribution in [3.05, 3.63) is 72.8 Å². The molecule has 146 valence electrons. The number of rotatable bonds is 4. The molecule has 1 fully saturated rings. The van der Waals surface area contributed by atoms with Gasteiger partial charge >= 0.3 is 0 Å². The normalized spacial score (nSPS) is 15.1. The van der Waals surface area contributed by atoms with Crippen LogP contribution in [0.1, 0.15) is 5.82 Å². The van der Waals surface area contributed by atoms with Crippen LogP contribution in [0.2, 0.25) is 0 Å². The van der Waals surface area contributed by atoms with Gasteiger partial charge < -0.3 is 9.47 Å². The number of imidazole rings is 1. The molecule has 1 aliphatic heterocycles. The van der Waals surface area contributed by atoms with Crippen molar-refractivity contribution in [1.29, 1.82) is 0 Å². The predicted octanol–water partition coefficient (Wildman–Crippen LogP) is 3.35. The summed E-state index contributed by atoms with van der Waals surface area (Å²) in [7, 11) is 2.05. The molecule has 1 saturated heterocycles. The standard InChI is InChI=1S/C23H24N6/c1-27-12-11-24-21(27)17-28-13-15-29(16-14-28)23-25-20-10-6-5-9-19(20)22(26-23)18-7-3-2-4-8-18/h2-12H,13-17H2,1H3. The molecule has 0 atom stereocenters. The molecule has 5 rings (SSSR count). The van der Waals surface area contributed by atoms with Crippen molar-refractivity contribution in [3.63, 3.8) is 0 Å². The van der Waals surface area contributed by atoms with Crippen molar-refractivity contribution in [1.82, 2.24) is 24.4 Å². The minimum absolute atomic E-state index is 0.819.